The van der Waals surface area contributed by atoms with E-state index in [0.717, 1.165) is 22.8 Å². The molecular formula is C12H15NOS. The molecule has 0 N–H and O–H groups in total. The molecule has 0 aliphatic rings. The van der Waals surface area contributed by atoms with Crippen LogP contribution in [0.1, 0.15) is 37.4 Å². The van der Waals surface area contributed by atoms with Gasteiger partial charge < -0.3 is 4.42 Å². The van der Waals surface area contributed by atoms with Crippen LogP contribution in [0.25, 0.3) is 10.8 Å². The molecule has 2 rings (SSSR count). The van der Waals surface area contributed by atoms with Gasteiger partial charge in [0.15, 0.2) is 10.8 Å². The second-order valence-electron chi connectivity index (χ2n) is 3.82. The van der Waals surface area contributed by atoms with Gasteiger partial charge in [0.05, 0.1) is 12.0 Å². The van der Waals surface area contributed by atoms with Crippen molar-refractivity contribution < 1.29 is 4.42 Å². The smallest absolute Gasteiger partial charge is 0.165 e. The molecule has 0 radical (unpaired) electrons. The maximum atomic E-state index is 5.42. The van der Waals surface area contributed by atoms with E-state index in [2.05, 4.69) is 24.2 Å². The van der Waals surface area contributed by atoms with Crippen LogP contribution in [-0.2, 0) is 0 Å². The Morgan fingerprint density at radius 2 is 2.33 bits per heavy atom. The van der Waals surface area contributed by atoms with Gasteiger partial charge in [0.2, 0.25) is 0 Å². The SMILES string of the molecule is CCC(C)c1csc(-c2occc2C)n1. The van der Waals surface area contributed by atoms with Crippen LogP contribution in [0.15, 0.2) is 22.1 Å². The molecule has 0 amide bonds. The number of rotatable bonds is 3. The van der Waals surface area contributed by atoms with Crippen molar-refractivity contribution >= 4 is 11.3 Å². The fourth-order valence-corrected chi connectivity index (χ4v) is 2.41. The Labute approximate surface area is 94.0 Å². The van der Waals surface area contributed by atoms with E-state index in [1.54, 1.807) is 17.6 Å². The van der Waals surface area contributed by atoms with Gasteiger partial charge in [0, 0.05) is 5.38 Å². The summed E-state index contributed by atoms with van der Waals surface area (Å²) in [5.41, 5.74) is 2.33. The van der Waals surface area contributed by atoms with E-state index in [9.17, 15) is 0 Å². The fraction of sp³-hybridized carbons (Fsp3) is 0.417. The van der Waals surface area contributed by atoms with Gasteiger partial charge in [-0.2, -0.15) is 0 Å². The highest BCUT2D eigenvalue weighted by Gasteiger charge is 2.12. The summed E-state index contributed by atoms with van der Waals surface area (Å²) in [5, 5.41) is 3.12. The van der Waals surface area contributed by atoms with Crippen LogP contribution in [-0.4, -0.2) is 4.98 Å². The maximum absolute atomic E-state index is 5.42. The van der Waals surface area contributed by atoms with Gasteiger partial charge >= 0.3 is 0 Å². The highest BCUT2D eigenvalue weighted by atomic mass is 32.1. The predicted molar refractivity (Wildman–Crippen MR) is 63.3 cm³/mol. The summed E-state index contributed by atoms with van der Waals surface area (Å²) in [6.45, 7) is 6.43. The molecule has 2 nitrogen and oxygen atoms in total. The van der Waals surface area contributed by atoms with Crippen molar-refractivity contribution in [2.75, 3.05) is 0 Å². The van der Waals surface area contributed by atoms with E-state index < -0.39 is 0 Å². The number of aryl methyl sites for hydroxylation is 1. The molecule has 2 heterocycles. The molecule has 15 heavy (non-hydrogen) atoms. The molecule has 0 aliphatic carbocycles. The van der Waals surface area contributed by atoms with Gasteiger partial charge in [-0.05, 0) is 30.9 Å². The molecule has 0 saturated carbocycles. The Bertz CT molecular complexity index is 444. The van der Waals surface area contributed by atoms with Crippen LogP contribution in [0.4, 0.5) is 0 Å². The lowest BCUT2D eigenvalue weighted by atomic mass is 10.1. The number of furan rings is 1. The van der Waals surface area contributed by atoms with Crippen LogP contribution < -0.4 is 0 Å². The van der Waals surface area contributed by atoms with Crippen molar-refractivity contribution in [3.8, 4) is 10.8 Å². The molecule has 0 aromatic carbocycles. The zero-order chi connectivity index (χ0) is 10.8. The summed E-state index contributed by atoms with van der Waals surface area (Å²) in [4.78, 5) is 4.61. The van der Waals surface area contributed by atoms with E-state index >= 15 is 0 Å². The molecule has 1 unspecified atom stereocenters. The van der Waals surface area contributed by atoms with Crippen molar-refractivity contribution in [3.63, 3.8) is 0 Å². The summed E-state index contributed by atoms with van der Waals surface area (Å²) >= 11 is 1.66. The Morgan fingerprint density at radius 3 is 2.93 bits per heavy atom. The average Bonchev–Trinajstić information content (AvgIpc) is 2.84. The van der Waals surface area contributed by atoms with Crippen molar-refractivity contribution in [3.05, 3.63) is 29.0 Å². The van der Waals surface area contributed by atoms with Gasteiger partial charge in [0.1, 0.15) is 0 Å². The van der Waals surface area contributed by atoms with Gasteiger partial charge in [-0.15, -0.1) is 11.3 Å². The van der Waals surface area contributed by atoms with E-state index in [1.807, 2.05) is 13.0 Å². The minimum absolute atomic E-state index is 0.533. The lowest BCUT2D eigenvalue weighted by Crippen LogP contribution is -1.90. The van der Waals surface area contributed by atoms with Crippen LogP contribution in [0, 0.1) is 6.92 Å². The first-order valence-electron chi connectivity index (χ1n) is 5.22. The minimum atomic E-state index is 0.533. The molecule has 0 bridgehead atoms. The van der Waals surface area contributed by atoms with E-state index in [0.29, 0.717) is 5.92 Å². The molecular weight excluding hydrogens is 206 g/mol. The molecule has 2 aromatic rings. The summed E-state index contributed by atoms with van der Waals surface area (Å²) in [6, 6.07) is 1.97. The van der Waals surface area contributed by atoms with Gasteiger partial charge in [-0.25, -0.2) is 4.98 Å². The normalized spacial score (nSPS) is 13.0. The molecule has 0 fully saturated rings. The topological polar surface area (TPSA) is 26.0 Å². The van der Waals surface area contributed by atoms with Gasteiger partial charge in [0.25, 0.3) is 0 Å². The summed E-state index contributed by atoms with van der Waals surface area (Å²) < 4.78 is 5.42. The van der Waals surface area contributed by atoms with Gasteiger partial charge in [-0.3, -0.25) is 0 Å². The van der Waals surface area contributed by atoms with Gasteiger partial charge in [-0.1, -0.05) is 13.8 Å². The van der Waals surface area contributed by atoms with Crippen LogP contribution in [0.5, 0.6) is 0 Å². The zero-order valence-electron chi connectivity index (χ0n) is 9.28. The maximum Gasteiger partial charge on any atom is 0.165 e. The summed E-state index contributed by atoms with van der Waals surface area (Å²) in [5.74, 6) is 1.44. The standard InChI is InChI=1S/C12H15NOS/c1-4-8(2)10-7-15-12(13-10)11-9(3)5-6-14-11/h5-8H,4H2,1-3H3. The molecule has 0 saturated heterocycles. The number of hydrogen-bond acceptors (Lipinski definition) is 3. The van der Waals surface area contributed by atoms with E-state index in [4.69, 9.17) is 4.42 Å². The first-order chi connectivity index (χ1) is 7.22. The third kappa shape index (κ3) is 1.97. The molecule has 1 atom stereocenters. The predicted octanol–water partition coefficient (Wildman–Crippen LogP) is 4.23. The Morgan fingerprint density at radius 1 is 1.53 bits per heavy atom. The highest BCUT2D eigenvalue weighted by Crippen LogP contribution is 2.30. The van der Waals surface area contributed by atoms with E-state index in [1.165, 1.54) is 5.69 Å². The zero-order valence-corrected chi connectivity index (χ0v) is 10.1. The van der Waals surface area contributed by atoms with Crippen molar-refractivity contribution in [1.82, 2.24) is 4.98 Å². The first kappa shape index (κ1) is 10.4. The lowest BCUT2D eigenvalue weighted by molar-refractivity contribution is 0.579. The molecule has 0 spiro atoms. The number of hydrogen-bond donors (Lipinski definition) is 0. The molecule has 2 aromatic heterocycles. The Hall–Kier alpha value is -1.09. The Balaban J connectivity index is 2.32. The van der Waals surface area contributed by atoms with Crippen molar-refractivity contribution in [1.29, 1.82) is 0 Å². The number of nitrogens with zero attached hydrogens (tertiary/aromatic N) is 1. The van der Waals surface area contributed by atoms with Crippen LogP contribution in [0.3, 0.4) is 0 Å². The summed E-state index contributed by atoms with van der Waals surface area (Å²) in [7, 11) is 0. The average molecular weight is 221 g/mol. The quantitative estimate of drug-likeness (QED) is 0.775. The molecule has 80 valence electrons. The number of aromatic nitrogens is 1. The molecule has 0 aliphatic heterocycles. The lowest BCUT2D eigenvalue weighted by Gasteiger charge is -2.02. The summed E-state index contributed by atoms with van der Waals surface area (Å²) in [6.07, 6.45) is 2.84. The largest absolute Gasteiger partial charge is 0.462 e. The fourth-order valence-electron chi connectivity index (χ4n) is 1.42. The molecule has 3 heteroatoms. The highest BCUT2D eigenvalue weighted by molar-refractivity contribution is 7.13. The van der Waals surface area contributed by atoms with Crippen molar-refractivity contribution in [2.45, 2.75) is 33.1 Å². The third-order valence-corrected chi connectivity index (χ3v) is 3.55. The Kier molecular flexibility index (Phi) is 2.91. The second-order valence-corrected chi connectivity index (χ2v) is 4.68. The first-order valence-corrected chi connectivity index (χ1v) is 6.10. The van der Waals surface area contributed by atoms with Crippen LogP contribution >= 0.6 is 11.3 Å². The minimum Gasteiger partial charge on any atom is -0.462 e. The van der Waals surface area contributed by atoms with Crippen LogP contribution in [0.2, 0.25) is 0 Å². The number of thiazole rings is 1. The monoisotopic (exact) mass is 221 g/mol. The third-order valence-electron chi connectivity index (χ3n) is 2.70. The second kappa shape index (κ2) is 4.19. The van der Waals surface area contributed by atoms with Crippen molar-refractivity contribution in [2.24, 2.45) is 0 Å². The van der Waals surface area contributed by atoms with E-state index in [-0.39, 0.29) is 0 Å².